The van der Waals surface area contributed by atoms with Crippen LogP contribution in [0.5, 0.6) is 0 Å². The summed E-state index contributed by atoms with van der Waals surface area (Å²) in [6.07, 6.45) is 0. The number of nitrogens with two attached hydrogens (primary N) is 1. The largest absolute Gasteiger partial charge is 0.392 e. The smallest absolute Gasteiger partial charge is 0.317 e. The number of hydrogen-bond acceptors (Lipinski definition) is 3. The van der Waals surface area contributed by atoms with E-state index in [1.165, 1.54) is 0 Å². The second-order valence-corrected chi connectivity index (χ2v) is 4.25. The van der Waals surface area contributed by atoms with E-state index in [9.17, 15) is 4.79 Å². The normalized spacial score (nSPS) is 18.1. The van der Waals surface area contributed by atoms with Gasteiger partial charge in [0.25, 0.3) is 0 Å². The Bertz CT molecular complexity index is 258. The Morgan fingerprint density at radius 3 is 2.93 bits per heavy atom. The molecule has 1 rings (SSSR count). The van der Waals surface area contributed by atoms with E-state index < -0.39 is 0 Å². The number of nitrogens with one attached hydrogen (secondary N) is 1. The van der Waals surface area contributed by atoms with Gasteiger partial charge in [-0.3, -0.25) is 4.90 Å². The zero-order valence-electron chi connectivity index (χ0n) is 9.19. The van der Waals surface area contributed by atoms with E-state index >= 15 is 0 Å². The van der Waals surface area contributed by atoms with Crippen molar-refractivity contribution >= 4 is 23.2 Å². The first kappa shape index (κ1) is 12.2. The maximum absolute atomic E-state index is 11.2. The van der Waals surface area contributed by atoms with E-state index in [0.717, 1.165) is 26.2 Å². The Morgan fingerprint density at radius 1 is 1.80 bits per heavy atom. The fourth-order valence-corrected chi connectivity index (χ4v) is 1.59. The second kappa shape index (κ2) is 5.27. The van der Waals surface area contributed by atoms with E-state index in [1.807, 2.05) is 18.9 Å². The van der Waals surface area contributed by atoms with Gasteiger partial charge in [0.15, 0.2) is 0 Å². The summed E-state index contributed by atoms with van der Waals surface area (Å²) in [6, 6.07) is 0.0945. The van der Waals surface area contributed by atoms with Crippen molar-refractivity contribution in [3.05, 3.63) is 0 Å². The quantitative estimate of drug-likeness (QED) is 0.632. The third-order valence-corrected chi connectivity index (χ3v) is 3.08. The summed E-state index contributed by atoms with van der Waals surface area (Å²) in [5, 5.41) is 2.76. The molecule has 0 bridgehead atoms. The topological polar surface area (TPSA) is 61.6 Å². The highest BCUT2D eigenvalue weighted by atomic mass is 32.1. The summed E-state index contributed by atoms with van der Waals surface area (Å²) in [4.78, 5) is 15.6. The van der Waals surface area contributed by atoms with Crippen molar-refractivity contribution in [1.29, 1.82) is 0 Å². The molecule has 0 spiro atoms. The molecule has 1 fully saturated rings. The molecule has 0 aromatic rings. The molecule has 6 heteroatoms. The van der Waals surface area contributed by atoms with Crippen molar-refractivity contribution < 1.29 is 4.79 Å². The molecular formula is C9H18N4OS. The maximum Gasteiger partial charge on any atom is 0.317 e. The van der Waals surface area contributed by atoms with Crippen molar-refractivity contribution in [3.8, 4) is 0 Å². The first-order valence-corrected chi connectivity index (χ1v) is 5.45. The minimum Gasteiger partial charge on any atom is -0.392 e. The lowest BCUT2D eigenvalue weighted by Crippen LogP contribution is -2.43. The van der Waals surface area contributed by atoms with Gasteiger partial charge >= 0.3 is 6.03 Å². The molecule has 0 aliphatic carbocycles. The van der Waals surface area contributed by atoms with Crippen LogP contribution in [0.4, 0.5) is 4.79 Å². The van der Waals surface area contributed by atoms with E-state index in [2.05, 4.69) is 5.32 Å². The Morgan fingerprint density at radius 2 is 2.47 bits per heavy atom. The van der Waals surface area contributed by atoms with Crippen LogP contribution < -0.4 is 11.1 Å². The Kier molecular flexibility index (Phi) is 4.28. The minimum absolute atomic E-state index is 0.0198. The van der Waals surface area contributed by atoms with E-state index in [-0.39, 0.29) is 12.1 Å². The molecule has 1 saturated heterocycles. The molecule has 86 valence electrons. The Labute approximate surface area is 95.6 Å². The van der Waals surface area contributed by atoms with Crippen LogP contribution >= 0.6 is 12.2 Å². The zero-order chi connectivity index (χ0) is 11.4. The highest BCUT2D eigenvalue weighted by Crippen LogP contribution is 2.00. The van der Waals surface area contributed by atoms with Gasteiger partial charge in [-0.15, -0.1) is 0 Å². The molecule has 1 atom stereocenters. The second-order valence-electron chi connectivity index (χ2n) is 3.78. The zero-order valence-corrected chi connectivity index (χ0v) is 10.0. The monoisotopic (exact) mass is 230 g/mol. The van der Waals surface area contributed by atoms with Gasteiger partial charge < -0.3 is 16.0 Å². The number of amides is 2. The van der Waals surface area contributed by atoms with Gasteiger partial charge in [-0.1, -0.05) is 12.2 Å². The predicted octanol–water partition coefficient (Wildman–Crippen LogP) is -0.382. The first-order chi connectivity index (χ1) is 7.02. The molecule has 1 unspecified atom stereocenters. The SMILES string of the molecule is CC(C(N)=S)N(C)CCN1CCNC1=O. The summed E-state index contributed by atoms with van der Waals surface area (Å²) in [6.45, 7) is 5.00. The van der Waals surface area contributed by atoms with Gasteiger partial charge in [-0.2, -0.15) is 0 Å². The van der Waals surface area contributed by atoms with E-state index in [4.69, 9.17) is 18.0 Å². The molecule has 15 heavy (non-hydrogen) atoms. The molecule has 5 nitrogen and oxygen atoms in total. The van der Waals surface area contributed by atoms with Crippen molar-refractivity contribution in [2.24, 2.45) is 5.73 Å². The maximum atomic E-state index is 11.2. The van der Waals surface area contributed by atoms with Crippen molar-refractivity contribution in [2.75, 3.05) is 33.2 Å². The molecular weight excluding hydrogens is 212 g/mol. The number of carbonyl (C=O) groups excluding carboxylic acids is 1. The lowest BCUT2D eigenvalue weighted by molar-refractivity contribution is 0.206. The van der Waals surface area contributed by atoms with Crippen LogP contribution in [0.1, 0.15) is 6.92 Å². The van der Waals surface area contributed by atoms with Gasteiger partial charge in [0.1, 0.15) is 0 Å². The Balaban J connectivity index is 2.30. The summed E-state index contributed by atoms with van der Waals surface area (Å²) in [7, 11) is 1.96. The van der Waals surface area contributed by atoms with Crippen LogP contribution in [-0.2, 0) is 0 Å². The number of urea groups is 1. The van der Waals surface area contributed by atoms with Crippen LogP contribution in [0.25, 0.3) is 0 Å². The molecule has 0 radical (unpaired) electrons. The van der Waals surface area contributed by atoms with Crippen molar-refractivity contribution in [2.45, 2.75) is 13.0 Å². The van der Waals surface area contributed by atoms with E-state index in [0.29, 0.717) is 4.99 Å². The minimum atomic E-state index is 0.0198. The lowest BCUT2D eigenvalue weighted by Gasteiger charge is -2.25. The van der Waals surface area contributed by atoms with Gasteiger partial charge in [0, 0.05) is 26.2 Å². The Hall–Kier alpha value is -0.880. The number of carbonyl (C=O) groups is 1. The van der Waals surface area contributed by atoms with Gasteiger partial charge in [0.05, 0.1) is 11.0 Å². The third kappa shape index (κ3) is 3.32. The van der Waals surface area contributed by atoms with Gasteiger partial charge in [-0.25, -0.2) is 4.79 Å². The van der Waals surface area contributed by atoms with Crippen LogP contribution in [0.2, 0.25) is 0 Å². The summed E-state index contributed by atoms with van der Waals surface area (Å²) in [5.74, 6) is 0. The third-order valence-electron chi connectivity index (χ3n) is 2.74. The molecule has 3 N–H and O–H groups in total. The number of nitrogens with zero attached hydrogens (tertiary/aromatic N) is 2. The lowest BCUT2D eigenvalue weighted by atomic mass is 10.3. The molecule has 0 saturated carbocycles. The number of hydrogen-bond donors (Lipinski definition) is 2. The van der Waals surface area contributed by atoms with Crippen molar-refractivity contribution in [1.82, 2.24) is 15.1 Å². The molecule has 2 amide bonds. The number of thiocarbonyl (C=S) groups is 1. The molecule has 1 heterocycles. The summed E-state index contributed by atoms with van der Waals surface area (Å²) < 4.78 is 0. The first-order valence-electron chi connectivity index (χ1n) is 5.04. The van der Waals surface area contributed by atoms with Crippen LogP contribution in [0, 0.1) is 0 Å². The van der Waals surface area contributed by atoms with Crippen molar-refractivity contribution in [3.63, 3.8) is 0 Å². The highest BCUT2D eigenvalue weighted by molar-refractivity contribution is 7.80. The number of rotatable bonds is 5. The van der Waals surface area contributed by atoms with Crippen LogP contribution in [-0.4, -0.2) is 60.1 Å². The standard InChI is InChI=1S/C9H18N4OS/c1-7(8(10)15)12(2)5-6-13-4-3-11-9(13)14/h7H,3-6H2,1-2H3,(H2,10,15)(H,11,14). The van der Waals surface area contributed by atoms with Gasteiger partial charge in [0.2, 0.25) is 0 Å². The average molecular weight is 230 g/mol. The van der Waals surface area contributed by atoms with E-state index in [1.54, 1.807) is 4.90 Å². The molecule has 0 aromatic heterocycles. The fourth-order valence-electron chi connectivity index (χ4n) is 1.41. The molecule has 1 aliphatic rings. The van der Waals surface area contributed by atoms with Crippen LogP contribution in [0.15, 0.2) is 0 Å². The molecule has 0 aromatic carbocycles. The average Bonchev–Trinajstić information content (AvgIpc) is 2.59. The highest BCUT2D eigenvalue weighted by Gasteiger charge is 2.20. The van der Waals surface area contributed by atoms with Crippen LogP contribution in [0.3, 0.4) is 0 Å². The summed E-state index contributed by atoms with van der Waals surface area (Å²) in [5.41, 5.74) is 5.54. The predicted molar refractivity (Wildman–Crippen MR) is 63.8 cm³/mol. The fraction of sp³-hybridized carbons (Fsp3) is 0.778. The summed E-state index contributed by atoms with van der Waals surface area (Å²) >= 11 is 4.91. The van der Waals surface area contributed by atoms with Gasteiger partial charge in [-0.05, 0) is 14.0 Å². The molecule has 1 aliphatic heterocycles. The number of likely N-dealkylation sites (N-methyl/N-ethyl adjacent to an activating group) is 1.